The Bertz CT molecular complexity index is 621. The molecule has 1 N–H and O–H groups in total. The van der Waals surface area contributed by atoms with Gasteiger partial charge < -0.3 is 10.0 Å². The first-order valence-corrected chi connectivity index (χ1v) is 8.84. The molecule has 1 saturated carbocycles. The summed E-state index contributed by atoms with van der Waals surface area (Å²) in [6.07, 6.45) is 8.82. The topological polar surface area (TPSA) is 57.6 Å². The fourth-order valence-corrected chi connectivity index (χ4v) is 3.65. The van der Waals surface area contributed by atoms with Crippen molar-refractivity contribution in [2.45, 2.75) is 38.5 Å². The van der Waals surface area contributed by atoms with Gasteiger partial charge in [0.2, 0.25) is 5.91 Å². The molecule has 1 saturated heterocycles. The van der Waals surface area contributed by atoms with Crippen molar-refractivity contribution in [2.75, 3.05) is 13.1 Å². The molecule has 1 heterocycles. The van der Waals surface area contributed by atoms with E-state index < -0.39 is 11.4 Å². The molecule has 1 aromatic carbocycles. The highest BCUT2D eigenvalue weighted by atomic mass is 16.4. The molecule has 1 aromatic rings. The van der Waals surface area contributed by atoms with Crippen LogP contribution in [-0.2, 0) is 9.59 Å². The highest BCUT2D eigenvalue weighted by molar-refractivity contribution is 5.82. The molecular formula is C20H25NO3. The molecular weight excluding hydrogens is 302 g/mol. The molecule has 128 valence electrons. The molecule has 1 aliphatic heterocycles. The maximum Gasteiger partial charge on any atom is 0.311 e. The lowest BCUT2D eigenvalue weighted by molar-refractivity contribution is -0.156. The molecule has 4 nitrogen and oxygen atoms in total. The van der Waals surface area contributed by atoms with Gasteiger partial charge in [0.1, 0.15) is 0 Å². The van der Waals surface area contributed by atoms with Crippen LogP contribution in [0.15, 0.2) is 36.4 Å². The number of carboxylic acid groups (broad SMARTS) is 1. The molecule has 1 atom stereocenters. The largest absolute Gasteiger partial charge is 0.481 e. The third kappa shape index (κ3) is 3.53. The Labute approximate surface area is 143 Å². The minimum absolute atomic E-state index is 0.134. The van der Waals surface area contributed by atoms with Gasteiger partial charge in [0.25, 0.3) is 0 Å². The second kappa shape index (κ2) is 7.20. The second-order valence-electron chi connectivity index (χ2n) is 7.09. The lowest BCUT2D eigenvalue weighted by atomic mass is 9.75. The average Bonchev–Trinajstić information content (AvgIpc) is 2.54. The summed E-state index contributed by atoms with van der Waals surface area (Å²) in [6.45, 7) is 1.05. The van der Waals surface area contributed by atoms with E-state index in [1.54, 1.807) is 4.90 Å². The zero-order valence-corrected chi connectivity index (χ0v) is 14.0. The number of hydrogen-bond donors (Lipinski definition) is 1. The van der Waals surface area contributed by atoms with Crippen LogP contribution in [-0.4, -0.2) is 35.0 Å². The van der Waals surface area contributed by atoms with Crippen molar-refractivity contribution in [1.29, 1.82) is 0 Å². The van der Waals surface area contributed by atoms with Crippen LogP contribution < -0.4 is 0 Å². The lowest BCUT2D eigenvalue weighted by Gasteiger charge is -2.42. The predicted octanol–water partition coefficient (Wildman–Crippen LogP) is 3.58. The van der Waals surface area contributed by atoms with Crippen molar-refractivity contribution >= 4 is 18.0 Å². The Balaban J connectivity index is 1.69. The molecule has 24 heavy (non-hydrogen) atoms. The van der Waals surface area contributed by atoms with Crippen LogP contribution >= 0.6 is 0 Å². The van der Waals surface area contributed by atoms with Crippen LogP contribution in [0, 0.1) is 11.3 Å². The number of likely N-dealkylation sites (tertiary alicyclic amines) is 1. The van der Waals surface area contributed by atoms with Gasteiger partial charge in [0.05, 0.1) is 5.41 Å². The molecule has 4 heteroatoms. The minimum Gasteiger partial charge on any atom is -0.481 e. The normalized spacial score (nSPS) is 24.8. The number of carbonyl (C=O) groups is 2. The van der Waals surface area contributed by atoms with Crippen molar-refractivity contribution < 1.29 is 14.7 Å². The molecule has 1 aliphatic carbocycles. The van der Waals surface area contributed by atoms with Gasteiger partial charge in [-0.3, -0.25) is 9.59 Å². The van der Waals surface area contributed by atoms with E-state index in [9.17, 15) is 14.7 Å². The number of rotatable bonds is 5. The molecule has 0 unspecified atom stereocenters. The zero-order chi connectivity index (χ0) is 17.0. The van der Waals surface area contributed by atoms with E-state index in [1.807, 2.05) is 42.5 Å². The van der Waals surface area contributed by atoms with Crippen LogP contribution in [0.1, 0.15) is 44.1 Å². The summed E-state index contributed by atoms with van der Waals surface area (Å²) < 4.78 is 0. The standard InChI is InChI=1S/C20H25NO3/c22-18(17-10-4-11-17)21-14-6-13-20(15-21,19(23)24)12-5-9-16-7-2-1-3-8-16/h1-3,5,7-9,17H,4,6,10-15H2,(H,23,24)/b9-5+/t20-/m0/s1. The number of benzene rings is 1. The summed E-state index contributed by atoms with van der Waals surface area (Å²) in [7, 11) is 0. The Kier molecular flexibility index (Phi) is 5.03. The number of piperidine rings is 1. The summed E-state index contributed by atoms with van der Waals surface area (Å²) in [5, 5.41) is 9.82. The lowest BCUT2D eigenvalue weighted by Crippen LogP contribution is -2.51. The van der Waals surface area contributed by atoms with Crippen molar-refractivity contribution in [3.63, 3.8) is 0 Å². The number of aliphatic carboxylic acids is 1. The number of nitrogens with zero attached hydrogens (tertiary/aromatic N) is 1. The minimum atomic E-state index is -0.844. The van der Waals surface area contributed by atoms with Gasteiger partial charge >= 0.3 is 5.97 Å². The van der Waals surface area contributed by atoms with Gasteiger partial charge in [-0.2, -0.15) is 0 Å². The van der Waals surface area contributed by atoms with Gasteiger partial charge in [-0.05, 0) is 37.7 Å². The molecule has 0 radical (unpaired) electrons. The van der Waals surface area contributed by atoms with Gasteiger partial charge in [0.15, 0.2) is 0 Å². The summed E-state index contributed by atoms with van der Waals surface area (Å²) in [5.74, 6) is -0.487. The number of allylic oxidation sites excluding steroid dienone is 1. The van der Waals surface area contributed by atoms with Crippen molar-refractivity contribution in [2.24, 2.45) is 11.3 Å². The number of carbonyl (C=O) groups excluding carboxylic acids is 1. The van der Waals surface area contributed by atoms with Crippen LogP contribution in [0.5, 0.6) is 0 Å². The van der Waals surface area contributed by atoms with E-state index in [2.05, 4.69) is 0 Å². The van der Waals surface area contributed by atoms with E-state index in [0.29, 0.717) is 25.9 Å². The van der Waals surface area contributed by atoms with E-state index in [-0.39, 0.29) is 11.8 Å². The third-order valence-corrected chi connectivity index (χ3v) is 5.42. The molecule has 0 spiro atoms. The van der Waals surface area contributed by atoms with Crippen molar-refractivity contribution in [1.82, 2.24) is 4.90 Å². The zero-order valence-electron chi connectivity index (χ0n) is 14.0. The second-order valence-corrected chi connectivity index (χ2v) is 7.09. The molecule has 2 aliphatic rings. The van der Waals surface area contributed by atoms with Gasteiger partial charge in [-0.15, -0.1) is 0 Å². The Hall–Kier alpha value is -2.10. The number of carboxylic acids is 1. The molecule has 0 aromatic heterocycles. The maximum absolute atomic E-state index is 12.5. The predicted molar refractivity (Wildman–Crippen MR) is 93.3 cm³/mol. The molecule has 1 amide bonds. The van der Waals surface area contributed by atoms with Crippen LogP contribution in [0.2, 0.25) is 0 Å². The first kappa shape index (κ1) is 16.7. The number of hydrogen-bond acceptors (Lipinski definition) is 2. The van der Waals surface area contributed by atoms with Crippen LogP contribution in [0.25, 0.3) is 6.08 Å². The fraction of sp³-hybridized carbons (Fsp3) is 0.500. The molecule has 2 fully saturated rings. The third-order valence-electron chi connectivity index (χ3n) is 5.42. The monoisotopic (exact) mass is 327 g/mol. The average molecular weight is 327 g/mol. The summed E-state index contributed by atoms with van der Waals surface area (Å²) in [4.78, 5) is 26.3. The molecule has 3 rings (SSSR count). The van der Waals surface area contributed by atoms with Crippen LogP contribution in [0.4, 0.5) is 0 Å². The Morgan fingerprint density at radius 3 is 2.58 bits per heavy atom. The van der Waals surface area contributed by atoms with Crippen molar-refractivity contribution in [3.05, 3.63) is 42.0 Å². The maximum atomic E-state index is 12.5. The smallest absolute Gasteiger partial charge is 0.311 e. The quantitative estimate of drug-likeness (QED) is 0.899. The van der Waals surface area contributed by atoms with E-state index in [0.717, 1.165) is 31.2 Å². The van der Waals surface area contributed by atoms with E-state index >= 15 is 0 Å². The summed E-state index contributed by atoms with van der Waals surface area (Å²) in [5.41, 5.74) is 0.222. The highest BCUT2D eigenvalue weighted by Crippen LogP contribution is 2.37. The van der Waals surface area contributed by atoms with E-state index in [1.165, 1.54) is 0 Å². The first-order chi connectivity index (χ1) is 11.6. The summed E-state index contributed by atoms with van der Waals surface area (Å²) in [6, 6.07) is 9.88. The van der Waals surface area contributed by atoms with Crippen molar-refractivity contribution in [3.8, 4) is 0 Å². The van der Waals surface area contributed by atoms with Gasteiger partial charge in [-0.25, -0.2) is 0 Å². The highest BCUT2D eigenvalue weighted by Gasteiger charge is 2.44. The molecule has 0 bridgehead atoms. The van der Waals surface area contributed by atoms with Gasteiger partial charge in [0, 0.05) is 19.0 Å². The Morgan fingerprint density at radius 1 is 1.21 bits per heavy atom. The Morgan fingerprint density at radius 2 is 1.96 bits per heavy atom. The van der Waals surface area contributed by atoms with Gasteiger partial charge in [-0.1, -0.05) is 48.9 Å². The van der Waals surface area contributed by atoms with Crippen LogP contribution in [0.3, 0.4) is 0 Å². The summed E-state index contributed by atoms with van der Waals surface area (Å²) >= 11 is 0. The fourth-order valence-electron chi connectivity index (χ4n) is 3.65. The van der Waals surface area contributed by atoms with E-state index in [4.69, 9.17) is 0 Å². The first-order valence-electron chi connectivity index (χ1n) is 8.84. The SMILES string of the molecule is O=C(C1CCC1)N1CCC[C@](C/C=C/c2ccccc2)(C(=O)O)C1. The number of amides is 1.